The minimum atomic E-state index is -0.299. The fourth-order valence-corrected chi connectivity index (χ4v) is 3.91. The van der Waals surface area contributed by atoms with E-state index < -0.39 is 0 Å². The molecule has 4 rings (SSSR count). The van der Waals surface area contributed by atoms with Gasteiger partial charge in [0.15, 0.2) is 5.75 Å². The van der Waals surface area contributed by atoms with Crippen molar-refractivity contribution in [3.05, 3.63) is 76.8 Å². The lowest BCUT2D eigenvalue weighted by atomic mass is 9.92. The molecule has 0 spiro atoms. The second kappa shape index (κ2) is 7.40. The van der Waals surface area contributed by atoms with Gasteiger partial charge in [0.05, 0.1) is 17.8 Å². The summed E-state index contributed by atoms with van der Waals surface area (Å²) in [6.07, 6.45) is 4.53. The Balaban J connectivity index is 1.53. The predicted molar refractivity (Wildman–Crippen MR) is 108 cm³/mol. The lowest BCUT2D eigenvalue weighted by Gasteiger charge is -2.18. The molecule has 3 aromatic rings. The molecule has 0 amide bonds. The number of hydrogen-bond acceptors (Lipinski definition) is 4. The maximum absolute atomic E-state index is 13.0. The lowest BCUT2D eigenvalue weighted by molar-refractivity contribution is -0.120. The van der Waals surface area contributed by atoms with E-state index in [1.807, 2.05) is 44.4 Å². The first-order valence-electron chi connectivity index (χ1n) is 9.30. The van der Waals surface area contributed by atoms with E-state index in [0.717, 1.165) is 29.1 Å². The average molecular weight is 396 g/mol. The van der Waals surface area contributed by atoms with Gasteiger partial charge in [-0.3, -0.25) is 14.5 Å². The quantitative estimate of drug-likeness (QED) is 0.608. The summed E-state index contributed by atoms with van der Waals surface area (Å²) in [5, 5.41) is 4.90. The molecular weight excluding hydrogens is 374 g/mol. The molecule has 28 heavy (non-hydrogen) atoms. The van der Waals surface area contributed by atoms with Crippen LogP contribution in [0.15, 0.2) is 54.9 Å². The van der Waals surface area contributed by atoms with Crippen LogP contribution in [0.5, 0.6) is 5.75 Å². The van der Waals surface area contributed by atoms with E-state index in [1.54, 1.807) is 16.9 Å². The van der Waals surface area contributed by atoms with Gasteiger partial charge in [0, 0.05) is 36.7 Å². The van der Waals surface area contributed by atoms with Crippen LogP contribution in [-0.4, -0.2) is 27.2 Å². The van der Waals surface area contributed by atoms with Crippen LogP contribution in [0.3, 0.4) is 0 Å². The van der Waals surface area contributed by atoms with Gasteiger partial charge in [-0.15, -0.1) is 0 Å². The lowest BCUT2D eigenvalue weighted by Crippen LogP contribution is -2.24. The second-order valence-electron chi connectivity index (χ2n) is 7.43. The van der Waals surface area contributed by atoms with Crippen LogP contribution in [0.4, 0.5) is 0 Å². The van der Waals surface area contributed by atoms with Gasteiger partial charge in [-0.1, -0.05) is 41.9 Å². The van der Waals surface area contributed by atoms with E-state index in [1.165, 1.54) is 0 Å². The molecular formula is C22H22ClN3O2. The van der Waals surface area contributed by atoms with Crippen molar-refractivity contribution in [1.82, 2.24) is 14.8 Å². The van der Waals surface area contributed by atoms with Crippen LogP contribution >= 0.6 is 11.6 Å². The van der Waals surface area contributed by atoms with E-state index in [2.05, 4.69) is 22.2 Å². The van der Waals surface area contributed by atoms with Gasteiger partial charge in [-0.2, -0.15) is 5.10 Å². The number of carbonyl (C=O) groups is 1. The number of ether oxygens (including phenoxy) is 1. The summed E-state index contributed by atoms with van der Waals surface area (Å²) in [6.45, 7) is 2.38. The van der Waals surface area contributed by atoms with Crippen molar-refractivity contribution in [2.24, 2.45) is 13.0 Å². The number of benzene rings is 1. The van der Waals surface area contributed by atoms with E-state index in [4.69, 9.17) is 16.3 Å². The van der Waals surface area contributed by atoms with Crippen LogP contribution in [0.1, 0.15) is 23.4 Å². The number of rotatable bonds is 7. The molecule has 2 unspecified atom stereocenters. The van der Waals surface area contributed by atoms with Crippen molar-refractivity contribution in [3.8, 4) is 5.75 Å². The molecule has 144 valence electrons. The molecule has 1 aromatic carbocycles. The smallest absolute Gasteiger partial charge is 0.160 e. The fraction of sp³-hybridized carbons (Fsp3) is 0.318. The van der Waals surface area contributed by atoms with Crippen LogP contribution < -0.4 is 4.74 Å². The zero-order chi connectivity index (χ0) is 19.7. The van der Waals surface area contributed by atoms with E-state index in [9.17, 15) is 4.79 Å². The van der Waals surface area contributed by atoms with Gasteiger partial charge < -0.3 is 4.74 Å². The van der Waals surface area contributed by atoms with Gasteiger partial charge in [-0.25, -0.2) is 0 Å². The summed E-state index contributed by atoms with van der Waals surface area (Å²) < 4.78 is 7.85. The highest BCUT2D eigenvalue weighted by atomic mass is 35.5. The minimum absolute atomic E-state index is 0.0793. The van der Waals surface area contributed by atoms with Crippen LogP contribution in [-0.2, 0) is 23.7 Å². The summed E-state index contributed by atoms with van der Waals surface area (Å²) in [5.41, 5.74) is 2.43. The molecule has 1 fully saturated rings. The third-order valence-electron chi connectivity index (χ3n) is 5.41. The van der Waals surface area contributed by atoms with E-state index >= 15 is 0 Å². The van der Waals surface area contributed by atoms with Gasteiger partial charge >= 0.3 is 0 Å². The highest BCUT2D eigenvalue weighted by Crippen LogP contribution is 2.55. The zero-order valence-electron chi connectivity index (χ0n) is 15.9. The Morgan fingerprint density at radius 2 is 2.07 bits per heavy atom. The first-order valence-corrected chi connectivity index (χ1v) is 9.67. The van der Waals surface area contributed by atoms with Gasteiger partial charge in [0.25, 0.3) is 0 Å². The number of pyridine rings is 1. The summed E-state index contributed by atoms with van der Waals surface area (Å²) in [5.74, 6) is 0.866. The molecule has 0 N–H and O–H groups in total. The Kier molecular flexibility index (Phi) is 4.94. The molecule has 1 aliphatic rings. The van der Waals surface area contributed by atoms with Gasteiger partial charge in [0.1, 0.15) is 11.5 Å². The molecule has 0 saturated heterocycles. The zero-order valence-corrected chi connectivity index (χ0v) is 16.7. The molecule has 2 aromatic heterocycles. The van der Waals surface area contributed by atoms with Crippen molar-refractivity contribution in [1.29, 1.82) is 0 Å². The van der Waals surface area contributed by atoms with Gasteiger partial charge in [-0.05, 0) is 31.0 Å². The third-order valence-corrected chi connectivity index (χ3v) is 5.63. The number of nitrogens with zero attached hydrogens (tertiary/aromatic N) is 3. The normalized spacial score (nSPS) is 20.8. The van der Waals surface area contributed by atoms with Crippen molar-refractivity contribution in [2.75, 3.05) is 6.61 Å². The maximum Gasteiger partial charge on any atom is 0.160 e. The molecule has 6 heteroatoms. The number of ketones is 1. The Labute approximate surface area is 169 Å². The molecule has 5 nitrogen and oxygen atoms in total. The van der Waals surface area contributed by atoms with Crippen molar-refractivity contribution in [3.63, 3.8) is 0 Å². The number of halogens is 1. The van der Waals surface area contributed by atoms with Crippen LogP contribution in [0.25, 0.3) is 0 Å². The molecule has 1 aliphatic carbocycles. The SMILES string of the molecule is Cc1nn(C)cc1OCC1(c2ccccc2)CC1C(=O)Cc1ccc(Cl)cn1. The van der Waals surface area contributed by atoms with E-state index in [-0.39, 0.29) is 17.1 Å². The maximum atomic E-state index is 13.0. The molecule has 0 bridgehead atoms. The molecule has 1 saturated carbocycles. The summed E-state index contributed by atoms with van der Waals surface area (Å²) in [6, 6.07) is 13.7. The summed E-state index contributed by atoms with van der Waals surface area (Å²) in [7, 11) is 1.87. The Bertz CT molecular complexity index is 985. The third kappa shape index (κ3) is 3.67. The Morgan fingerprint density at radius 3 is 2.71 bits per heavy atom. The minimum Gasteiger partial charge on any atom is -0.489 e. The largest absolute Gasteiger partial charge is 0.489 e. The molecule has 2 heterocycles. The molecule has 0 radical (unpaired) electrons. The first-order chi connectivity index (χ1) is 13.5. The Morgan fingerprint density at radius 1 is 1.29 bits per heavy atom. The van der Waals surface area contributed by atoms with Crippen molar-refractivity contribution in [2.45, 2.75) is 25.2 Å². The highest BCUT2D eigenvalue weighted by molar-refractivity contribution is 6.30. The second-order valence-corrected chi connectivity index (χ2v) is 7.87. The monoisotopic (exact) mass is 395 g/mol. The number of hydrogen-bond donors (Lipinski definition) is 0. The summed E-state index contributed by atoms with van der Waals surface area (Å²) >= 11 is 5.89. The molecule has 0 aliphatic heterocycles. The number of aryl methyl sites for hydroxylation is 2. The van der Waals surface area contributed by atoms with Gasteiger partial charge in [0.2, 0.25) is 0 Å². The van der Waals surface area contributed by atoms with Crippen molar-refractivity contribution >= 4 is 17.4 Å². The van der Waals surface area contributed by atoms with Crippen LogP contribution in [0, 0.1) is 12.8 Å². The van der Waals surface area contributed by atoms with Crippen molar-refractivity contribution < 1.29 is 9.53 Å². The van der Waals surface area contributed by atoms with E-state index in [0.29, 0.717) is 18.1 Å². The number of aromatic nitrogens is 3. The average Bonchev–Trinajstić information content (AvgIpc) is 3.35. The Hall–Kier alpha value is -2.66. The highest BCUT2D eigenvalue weighted by Gasteiger charge is 2.59. The number of Topliss-reactive ketones (excluding diaryl/α,β-unsaturated/α-hetero) is 1. The number of carbonyl (C=O) groups excluding carboxylic acids is 1. The first kappa shape index (κ1) is 18.7. The fourth-order valence-electron chi connectivity index (χ4n) is 3.80. The standard InChI is InChI=1S/C22H22ClN3O2/c1-15-21(13-26(2)25-15)28-14-22(16-6-4-3-5-7-16)11-19(22)20(27)10-18-9-8-17(23)12-24-18/h3-9,12-13,19H,10-11,14H2,1-2H3. The summed E-state index contributed by atoms with van der Waals surface area (Å²) in [4.78, 5) is 17.2. The molecule has 2 atom stereocenters. The van der Waals surface area contributed by atoms with Crippen LogP contribution in [0.2, 0.25) is 5.02 Å². The predicted octanol–water partition coefficient (Wildman–Crippen LogP) is 3.93. The topological polar surface area (TPSA) is 57.0 Å².